The second kappa shape index (κ2) is 14.0. The van der Waals surface area contributed by atoms with E-state index >= 15 is 0 Å². The summed E-state index contributed by atoms with van der Waals surface area (Å²) in [6.07, 6.45) is -2.68. The topological polar surface area (TPSA) is 64.6 Å². The van der Waals surface area contributed by atoms with Crippen molar-refractivity contribution in [1.82, 2.24) is 0 Å². The second-order valence-electron chi connectivity index (χ2n) is 9.67. The lowest BCUT2D eigenvalue weighted by Crippen LogP contribution is -2.59. The molecule has 2 saturated heterocycles. The molecule has 0 bridgehead atoms. The molecule has 0 spiro atoms. The lowest BCUT2D eigenvalue weighted by atomic mass is 9.98. The molecule has 0 saturated carbocycles. The molecule has 4 unspecified atom stereocenters. The van der Waals surface area contributed by atoms with Crippen LogP contribution >= 0.6 is 15.9 Å². The average molecular weight is 600 g/mol. The molecular weight excluding hydrogens is 564 g/mol. The number of alkyl halides is 1. The van der Waals surface area contributed by atoms with Gasteiger partial charge in [-0.15, -0.1) is 0 Å². The van der Waals surface area contributed by atoms with Gasteiger partial charge in [0.15, 0.2) is 6.29 Å². The van der Waals surface area contributed by atoms with Crippen molar-refractivity contribution in [2.24, 2.45) is 0 Å². The highest BCUT2D eigenvalue weighted by Gasteiger charge is 2.57. The molecule has 2 fully saturated rings. The van der Waals surface area contributed by atoms with Crippen molar-refractivity contribution in [3.63, 3.8) is 0 Å². The first kappa shape index (κ1) is 28.4. The van der Waals surface area contributed by atoms with Crippen LogP contribution < -0.4 is 0 Å². The zero-order valence-corrected chi connectivity index (χ0v) is 23.6. The molecular formula is C31H35BrO7. The fourth-order valence-corrected chi connectivity index (χ4v) is 4.96. The van der Waals surface area contributed by atoms with Gasteiger partial charge >= 0.3 is 0 Å². The van der Waals surface area contributed by atoms with Crippen LogP contribution in [0.2, 0.25) is 0 Å². The van der Waals surface area contributed by atoms with E-state index in [0.717, 1.165) is 16.7 Å². The van der Waals surface area contributed by atoms with Gasteiger partial charge in [0.2, 0.25) is 0 Å². The van der Waals surface area contributed by atoms with Crippen molar-refractivity contribution >= 4 is 15.9 Å². The van der Waals surface area contributed by atoms with E-state index in [1.54, 1.807) is 6.92 Å². The van der Waals surface area contributed by atoms with Crippen LogP contribution in [0.25, 0.3) is 0 Å². The Bertz CT molecular complexity index is 1120. The van der Waals surface area contributed by atoms with Crippen molar-refractivity contribution in [2.45, 2.75) is 63.4 Å². The van der Waals surface area contributed by atoms with E-state index in [-0.39, 0.29) is 0 Å². The van der Waals surface area contributed by atoms with E-state index in [9.17, 15) is 0 Å². The van der Waals surface area contributed by atoms with Crippen LogP contribution in [0.15, 0.2) is 91.0 Å². The van der Waals surface area contributed by atoms with Crippen LogP contribution in [0.3, 0.4) is 0 Å². The van der Waals surface area contributed by atoms with Gasteiger partial charge in [-0.3, -0.25) is 4.74 Å². The van der Waals surface area contributed by atoms with Gasteiger partial charge in [-0.1, -0.05) is 107 Å². The fourth-order valence-electron chi connectivity index (χ4n) is 4.80. The minimum atomic E-state index is -1.26. The summed E-state index contributed by atoms with van der Waals surface area (Å²) in [5.41, 5.74) is 3.19. The van der Waals surface area contributed by atoms with E-state index in [1.165, 1.54) is 0 Å². The largest absolute Gasteiger partial charge is 0.374 e. The summed E-state index contributed by atoms with van der Waals surface area (Å²) in [5.74, 6) is -1.26. The summed E-state index contributed by atoms with van der Waals surface area (Å²) >= 11 is 3.40. The maximum absolute atomic E-state index is 6.55. The van der Waals surface area contributed by atoms with Crippen LogP contribution in [0.4, 0.5) is 0 Å². The lowest BCUT2D eigenvalue weighted by Gasteiger charge is -2.42. The van der Waals surface area contributed by atoms with Gasteiger partial charge in [0.25, 0.3) is 5.97 Å². The van der Waals surface area contributed by atoms with Crippen LogP contribution in [-0.4, -0.2) is 55.2 Å². The quantitative estimate of drug-likeness (QED) is 0.237. The number of fused-ring (bicyclic) bond motifs is 1. The number of halogens is 1. The minimum absolute atomic E-state index is 0.297. The van der Waals surface area contributed by atoms with Crippen molar-refractivity contribution < 1.29 is 33.2 Å². The molecule has 0 aromatic heterocycles. The summed E-state index contributed by atoms with van der Waals surface area (Å²) < 4.78 is 44.0. The highest BCUT2D eigenvalue weighted by molar-refractivity contribution is 9.09. The fraction of sp³-hybridized carbons (Fsp3) is 0.419. The highest BCUT2D eigenvalue weighted by Crippen LogP contribution is 2.40. The Hall–Kier alpha value is -2.14. The highest BCUT2D eigenvalue weighted by atomic mass is 79.9. The van der Waals surface area contributed by atoms with Crippen LogP contribution in [0.5, 0.6) is 0 Å². The maximum Gasteiger partial charge on any atom is 0.282 e. The number of ether oxygens (including phenoxy) is 7. The van der Waals surface area contributed by atoms with Crippen LogP contribution in [-0.2, 0) is 53.0 Å². The molecule has 8 heteroatoms. The molecule has 3 aromatic carbocycles. The molecule has 0 amide bonds. The lowest BCUT2D eigenvalue weighted by molar-refractivity contribution is -0.342. The van der Waals surface area contributed by atoms with E-state index in [2.05, 4.69) is 15.9 Å². The van der Waals surface area contributed by atoms with Crippen LogP contribution in [0.1, 0.15) is 23.6 Å². The Kier molecular flexibility index (Phi) is 10.2. The predicted octanol–water partition coefficient (Wildman–Crippen LogP) is 5.60. The number of hydrogen-bond donors (Lipinski definition) is 0. The van der Waals surface area contributed by atoms with Gasteiger partial charge in [0, 0.05) is 12.3 Å². The molecule has 0 N–H and O–H groups in total. The summed E-state index contributed by atoms with van der Waals surface area (Å²) in [7, 11) is 0. The average Bonchev–Trinajstić information content (AvgIpc) is 3.31. The molecule has 0 aliphatic carbocycles. The first-order valence-electron chi connectivity index (χ1n) is 13.3. The number of hydrogen-bond acceptors (Lipinski definition) is 7. The Morgan fingerprint density at radius 1 is 0.718 bits per heavy atom. The zero-order chi connectivity index (χ0) is 26.9. The van der Waals surface area contributed by atoms with E-state index in [1.807, 2.05) is 91.0 Å². The van der Waals surface area contributed by atoms with Gasteiger partial charge in [0.1, 0.15) is 24.4 Å². The third kappa shape index (κ3) is 7.74. The number of rotatable bonds is 13. The molecule has 7 nitrogen and oxygen atoms in total. The molecule has 6 atom stereocenters. The van der Waals surface area contributed by atoms with E-state index in [4.69, 9.17) is 33.2 Å². The Labute approximate surface area is 238 Å². The molecule has 2 heterocycles. The summed E-state index contributed by atoms with van der Waals surface area (Å²) in [4.78, 5) is 0. The van der Waals surface area contributed by atoms with Crippen molar-refractivity contribution in [3.05, 3.63) is 108 Å². The Morgan fingerprint density at radius 2 is 1.26 bits per heavy atom. The van der Waals surface area contributed by atoms with Gasteiger partial charge < -0.3 is 28.4 Å². The molecule has 2 aliphatic heterocycles. The zero-order valence-electron chi connectivity index (χ0n) is 22.0. The van der Waals surface area contributed by atoms with E-state index < -0.39 is 36.7 Å². The first-order chi connectivity index (χ1) is 19.1. The Balaban J connectivity index is 1.37. The van der Waals surface area contributed by atoms with E-state index in [0.29, 0.717) is 38.4 Å². The van der Waals surface area contributed by atoms with Gasteiger partial charge in [-0.2, -0.15) is 0 Å². The van der Waals surface area contributed by atoms with Gasteiger partial charge in [-0.25, -0.2) is 0 Å². The summed E-state index contributed by atoms with van der Waals surface area (Å²) in [6.45, 7) is 3.71. The standard InChI is InChI=1S/C31H35BrO7/c1-31(36-18-17-32)38-29-28(35-21-25-15-9-4-10-16-25)27(34-20-24-13-7-3-8-14-24)26(37-30(29)39-31)22-33-19-23-11-5-2-6-12-23/h2-16,26-30H,17-22H2,1H3/t26?,27-,28?,29?,30+,31?/m1/s1. The maximum atomic E-state index is 6.55. The Morgan fingerprint density at radius 3 is 1.82 bits per heavy atom. The molecule has 3 aromatic rings. The van der Waals surface area contributed by atoms with Crippen molar-refractivity contribution in [1.29, 1.82) is 0 Å². The third-order valence-corrected chi connectivity index (χ3v) is 7.00. The molecule has 2 aliphatic rings. The van der Waals surface area contributed by atoms with Crippen LogP contribution in [0, 0.1) is 0 Å². The summed E-state index contributed by atoms with van der Waals surface area (Å²) in [6, 6.07) is 30.1. The van der Waals surface area contributed by atoms with Crippen molar-refractivity contribution in [2.75, 3.05) is 18.5 Å². The third-order valence-electron chi connectivity index (χ3n) is 6.68. The monoisotopic (exact) mass is 598 g/mol. The molecule has 208 valence electrons. The SMILES string of the molecule is CC1(OCCBr)OC2C(OCc3ccccc3)[C@H](OCc3ccccc3)C(COCc3ccccc3)O[C@H]2O1. The number of benzene rings is 3. The summed E-state index contributed by atoms with van der Waals surface area (Å²) in [5, 5.41) is 0.651. The first-order valence-corrected chi connectivity index (χ1v) is 14.4. The molecule has 0 radical (unpaired) electrons. The van der Waals surface area contributed by atoms with Gasteiger partial charge in [0.05, 0.1) is 33.0 Å². The van der Waals surface area contributed by atoms with Gasteiger partial charge in [-0.05, 0) is 16.7 Å². The molecule has 5 rings (SSSR count). The predicted molar refractivity (Wildman–Crippen MR) is 149 cm³/mol. The normalized spacial score (nSPS) is 28.3. The second-order valence-corrected chi connectivity index (χ2v) is 10.5. The van der Waals surface area contributed by atoms with Crippen molar-refractivity contribution in [3.8, 4) is 0 Å². The molecule has 39 heavy (non-hydrogen) atoms. The minimum Gasteiger partial charge on any atom is -0.374 e. The smallest absolute Gasteiger partial charge is 0.282 e.